The van der Waals surface area contributed by atoms with Crippen molar-refractivity contribution in [2.24, 2.45) is 7.05 Å². The third-order valence-electron chi connectivity index (χ3n) is 2.82. The maximum absolute atomic E-state index is 6.98. The summed E-state index contributed by atoms with van der Waals surface area (Å²) in [6.07, 6.45) is 0. The first kappa shape index (κ1) is 10.3. The molecule has 0 N–H and O–H groups in total. The Kier molecular flexibility index (Phi) is 2.54. The van der Waals surface area contributed by atoms with Gasteiger partial charge < -0.3 is 9.41 Å². The molecule has 1 aromatic carbocycles. The van der Waals surface area contributed by atoms with E-state index in [0.717, 1.165) is 10.0 Å². The molecular formula is C12H11BrN2. The lowest BCUT2D eigenvalue weighted by Gasteiger charge is -1.99. The number of nitrogens with zero attached hydrogens (tertiary/aromatic N) is 2. The first-order valence-electron chi connectivity index (χ1n) is 4.72. The average molecular weight is 263 g/mol. The first-order chi connectivity index (χ1) is 7.16. The van der Waals surface area contributed by atoms with Gasteiger partial charge in [0.15, 0.2) is 0 Å². The topological polar surface area (TPSA) is 9.29 Å². The lowest BCUT2D eigenvalue weighted by atomic mass is 10.1. The molecule has 0 aliphatic heterocycles. The van der Waals surface area contributed by atoms with Crippen LogP contribution in [0.2, 0.25) is 0 Å². The standard InChI is InChI=1S/C12H11BrN2/c1-8-10(7-14-2)9-5-4-6-11(13)12(9)15(8)3/h4-6H,7H2,1,3H3. The van der Waals surface area contributed by atoms with E-state index in [9.17, 15) is 0 Å². The van der Waals surface area contributed by atoms with Gasteiger partial charge in [0, 0.05) is 22.6 Å². The zero-order valence-corrected chi connectivity index (χ0v) is 10.3. The summed E-state index contributed by atoms with van der Waals surface area (Å²) in [5.41, 5.74) is 3.49. The number of benzene rings is 1. The molecule has 76 valence electrons. The maximum atomic E-state index is 6.98. The van der Waals surface area contributed by atoms with E-state index in [1.54, 1.807) is 0 Å². The molecule has 15 heavy (non-hydrogen) atoms. The van der Waals surface area contributed by atoms with Crippen LogP contribution in [0.25, 0.3) is 15.7 Å². The second-order valence-corrected chi connectivity index (χ2v) is 4.43. The van der Waals surface area contributed by atoms with Crippen LogP contribution in [0.4, 0.5) is 0 Å². The summed E-state index contributed by atoms with van der Waals surface area (Å²) in [5.74, 6) is 0. The summed E-state index contributed by atoms with van der Waals surface area (Å²) in [5, 5.41) is 1.18. The Morgan fingerprint density at radius 3 is 2.87 bits per heavy atom. The molecule has 1 aromatic heterocycles. The summed E-state index contributed by atoms with van der Waals surface area (Å²) in [6.45, 7) is 9.50. The minimum atomic E-state index is 0.458. The van der Waals surface area contributed by atoms with Crippen LogP contribution >= 0.6 is 15.9 Å². The predicted octanol–water partition coefficient (Wildman–Crippen LogP) is 3.67. The fraction of sp³-hybridized carbons (Fsp3) is 0.250. The van der Waals surface area contributed by atoms with Crippen LogP contribution in [0, 0.1) is 13.5 Å². The lowest BCUT2D eigenvalue weighted by Crippen LogP contribution is -1.91. The smallest absolute Gasteiger partial charge is 0.242 e. The molecule has 2 nitrogen and oxygen atoms in total. The van der Waals surface area contributed by atoms with Crippen molar-refractivity contribution < 1.29 is 0 Å². The van der Waals surface area contributed by atoms with Gasteiger partial charge in [0.05, 0.1) is 11.1 Å². The quantitative estimate of drug-likeness (QED) is 0.694. The van der Waals surface area contributed by atoms with Crippen molar-refractivity contribution in [3.63, 3.8) is 0 Å². The Bertz CT molecular complexity index is 561. The summed E-state index contributed by atoms with van der Waals surface area (Å²) in [6, 6.07) is 6.12. The Morgan fingerprint density at radius 1 is 1.47 bits per heavy atom. The molecule has 0 saturated heterocycles. The average Bonchev–Trinajstić information content (AvgIpc) is 2.45. The molecule has 0 atom stereocenters. The number of halogens is 1. The number of aromatic nitrogens is 1. The highest BCUT2D eigenvalue weighted by Crippen LogP contribution is 2.30. The van der Waals surface area contributed by atoms with Crippen molar-refractivity contribution >= 4 is 26.8 Å². The van der Waals surface area contributed by atoms with E-state index >= 15 is 0 Å². The largest absolute Gasteiger partial charge is 0.346 e. The van der Waals surface area contributed by atoms with Gasteiger partial charge in [-0.25, -0.2) is 6.57 Å². The monoisotopic (exact) mass is 262 g/mol. The van der Waals surface area contributed by atoms with Crippen LogP contribution < -0.4 is 0 Å². The van der Waals surface area contributed by atoms with Gasteiger partial charge in [-0.2, -0.15) is 0 Å². The van der Waals surface area contributed by atoms with E-state index < -0.39 is 0 Å². The van der Waals surface area contributed by atoms with Crippen molar-refractivity contribution in [3.05, 3.63) is 45.3 Å². The second kappa shape index (κ2) is 3.71. The van der Waals surface area contributed by atoms with Gasteiger partial charge in [-0.15, -0.1) is 0 Å². The Balaban J connectivity index is 2.88. The van der Waals surface area contributed by atoms with Crippen molar-refractivity contribution in [2.45, 2.75) is 13.5 Å². The molecule has 0 spiro atoms. The predicted molar refractivity (Wildman–Crippen MR) is 65.7 cm³/mol. The molecular weight excluding hydrogens is 252 g/mol. The van der Waals surface area contributed by atoms with E-state index in [1.165, 1.54) is 16.6 Å². The number of para-hydroxylation sites is 1. The molecule has 0 aliphatic rings. The van der Waals surface area contributed by atoms with E-state index in [-0.39, 0.29) is 0 Å². The van der Waals surface area contributed by atoms with Crippen LogP contribution in [0.15, 0.2) is 22.7 Å². The van der Waals surface area contributed by atoms with Gasteiger partial charge in [-0.1, -0.05) is 12.1 Å². The highest BCUT2D eigenvalue weighted by atomic mass is 79.9. The first-order valence-corrected chi connectivity index (χ1v) is 5.51. The van der Waals surface area contributed by atoms with E-state index in [4.69, 9.17) is 6.57 Å². The van der Waals surface area contributed by atoms with Crippen molar-refractivity contribution in [1.29, 1.82) is 0 Å². The Morgan fingerprint density at radius 2 is 2.20 bits per heavy atom. The molecule has 0 bridgehead atoms. The zero-order valence-electron chi connectivity index (χ0n) is 8.71. The van der Waals surface area contributed by atoms with Crippen LogP contribution in [-0.2, 0) is 13.6 Å². The highest BCUT2D eigenvalue weighted by Gasteiger charge is 2.14. The number of aryl methyl sites for hydroxylation is 1. The normalized spacial score (nSPS) is 10.5. The third kappa shape index (κ3) is 1.46. The molecule has 1 heterocycles. The molecule has 0 amide bonds. The van der Waals surface area contributed by atoms with Gasteiger partial charge in [-0.05, 0) is 28.9 Å². The van der Waals surface area contributed by atoms with Gasteiger partial charge >= 0.3 is 0 Å². The minimum Gasteiger partial charge on any atom is -0.346 e. The third-order valence-corrected chi connectivity index (χ3v) is 3.46. The number of rotatable bonds is 1. The number of hydrogen-bond donors (Lipinski definition) is 0. The van der Waals surface area contributed by atoms with Gasteiger partial charge in [-0.3, -0.25) is 0 Å². The van der Waals surface area contributed by atoms with Gasteiger partial charge in [0.1, 0.15) is 0 Å². The zero-order chi connectivity index (χ0) is 11.0. The maximum Gasteiger partial charge on any atom is 0.242 e. The van der Waals surface area contributed by atoms with Crippen LogP contribution in [-0.4, -0.2) is 4.57 Å². The van der Waals surface area contributed by atoms with Gasteiger partial charge in [0.25, 0.3) is 0 Å². The van der Waals surface area contributed by atoms with Crippen molar-refractivity contribution in [2.75, 3.05) is 0 Å². The van der Waals surface area contributed by atoms with Crippen molar-refractivity contribution in [3.8, 4) is 0 Å². The van der Waals surface area contributed by atoms with Crippen LogP contribution in [0.5, 0.6) is 0 Å². The minimum absolute atomic E-state index is 0.458. The summed E-state index contributed by atoms with van der Waals surface area (Å²) < 4.78 is 3.22. The fourth-order valence-corrected chi connectivity index (χ4v) is 2.58. The summed E-state index contributed by atoms with van der Waals surface area (Å²) in [7, 11) is 2.04. The fourth-order valence-electron chi connectivity index (χ4n) is 1.94. The van der Waals surface area contributed by atoms with E-state index in [1.807, 2.05) is 19.2 Å². The Hall–Kier alpha value is -1.27. The second-order valence-electron chi connectivity index (χ2n) is 3.58. The Labute approximate surface area is 97.5 Å². The van der Waals surface area contributed by atoms with Crippen LogP contribution in [0.1, 0.15) is 11.3 Å². The summed E-state index contributed by atoms with van der Waals surface area (Å²) in [4.78, 5) is 3.48. The molecule has 0 unspecified atom stereocenters. The van der Waals surface area contributed by atoms with Crippen LogP contribution in [0.3, 0.4) is 0 Å². The molecule has 3 heteroatoms. The van der Waals surface area contributed by atoms with E-state index in [2.05, 4.69) is 38.3 Å². The number of fused-ring (bicyclic) bond motifs is 1. The number of hydrogen-bond acceptors (Lipinski definition) is 0. The van der Waals surface area contributed by atoms with Crippen molar-refractivity contribution in [1.82, 2.24) is 4.57 Å². The molecule has 0 fully saturated rings. The molecule has 0 aliphatic carbocycles. The molecule has 0 saturated carbocycles. The molecule has 0 radical (unpaired) electrons. The summed E-state index contributed by atoms with van der Waals surface area (Å²) >= 11 is 3.55. The van der Waals surface area contributed by atoms with Gasteiger partial charge in [0.2, 0.25) is 6.54 Å². The molecule has 2 rings (SSSR count). The molecule has 2 aromatic rings. The lowest BCUT2D eigenvalue weighted by molar-refractivity contribution is 0.903. The SMILES string of the molecule is [C-]#[N+]Cc1c(C)n(C)c2c(Br)cccc12. The van der Waals surface area contributed by atoms with E-state index in [0.29, 0.717) is 6.54 Å². The highest BCUT2D eigenvalue weighted by molar-refractivity contribution is 9.10.